The molecule has 224 valence electrons. The number of carbonyl (C=O) groups is 2. The number of benzene rings is 2. The highest BCUT2D eigenvalue weighted by molar-refractivity contribution is 7.89. The number of alkyl halides is 6. The van der Waals surface area contributed by atoms with Crippen molar-refractivity contribution in [2.45, 2.75) is 37.2 Å². The molecule has 2 amide bonds. The lowest BCUT2D eigenvalue weighted by Gasteiger charge is -2.41. The number of nitrogens with one attached hydrogen (secondary N) is 2. The number of nitrogens with zero attached hydrogens (tertiary/aromatic N) is 1. The van der Waals surface area contributed by atoms with E-state index >= 15 is 0 Å². The maximum Gasteiger partial charge on any atom is 0.416 e. The zero-order chi connectivity index (χ0) is 30.8. The molecule has 41 heavy (non-hydrogen) atoms. The second-order valence-electron chi connectivity index (χ2n) is 9.62. The molecule has 8 nitrogen and oxygen atoms in total. The Labute approximate surface area is 232 Å². The first-order valence-electron chi connectivity index (χ1n) is 12.1. The zero-order valence-corrected chi connectivity index (χ0v) is 22.9. The third kappa shape index (κ3) is 7.71. The third-order valence-electron chi connectivity index (χ3n) is 6.24. The van der Waals surface area contributed by atoms with Crippen molar-refractivity contribution in [3.63, 3.8) is 0 Å². The van der Waals surface area contributed by atoms with Crippen molar-refractivity contribution in [2.75, 3.05) is 31.9 Å². The quantitative estimate of drug-likeness (QED) is 0.251. The Kier molecular flexibility index (Phi) is 9.01. The fourth-order valence-electron chi connectivity index (χ4n) is 4.27. The van der Waals surface area contributed by atoms with Gasteiger partial charge in [-0.3, -0.25) is 9.59 Å². The molecule has 1 aliphatic rings. The Hall–Kier alpha value is -3.75. The van der Waals surface area contributed by atoms with E-state index in [2.05, 4.69) is 0 Å². The van der Waals surface area contributed by atoms with Gasteiger partial charge in [-0.2, -0.15) is 26.3 Å². The Balaban J connectivity index is 2.07. The molecule has 0 saturated heterocycles. The first kappa shape index (κ1) is 31.8. The molecule has 3 rings (SSSR count). The van der Waals surface area contributed by atoms with Crippen LogP contribution in [0.4, 0.5) is 32.0 Å². The van der Waals surface area contributed by atoms with Crippen LogP contribution in [0.1, 0.15) is 30.4 Å². The van der Waals surface area contributed by atoms with Crippen molar-refractivity contribution in [2.24, 2.45) is 0 Å². The van der Waals surface area contributed by atoms with Crippen LogP contribution in [0.15, 0.2) is 54.1 Å². The molecule has 0 spiro atoms. The summed E-state index contributed by atoms with van der Waals surface area (Å²) in [6.45, 7) is -0.325. The van der Waals surface area contributed by atoms with Gasteiger partial charge in [0, 0.05) is 32.6 Å². The lowest BCUT2D eigenvalue weighted by molar-refractivity contribution is -0.201. The average Bonchev–Trinajstić information content (AvgIpc) is 2.84. The molecular formula is C26H27F6N3O5S. The average molecular weight is 608 g/mol. The van der Waals surface area contributed by atoms with Gasteiger partial charge in [-0.25, -0.2) is 13.1 Å². The molecule has 0 saturated carbocycles. The van der Waals surface area contributed by atoms with Gasteiger partial charge in [0.15, 0.2) is 5.54 Å². The van der Waals surface area contributed by atoms with E-state index in [9.17, 15) is 44.3 Å². The molecular weight excluding hydrogens is 580 g/mol. The van der Waals surface area contributed by atoms with Crippen molar-refractivity contribution in [3.05, 3.63) is 65.2 Å². The Morgan fingerprint density at radius 3 is 2.10 bits per heavy atom. The van der Waals surface area contributed by atoms with E-state index in [1.165, 1.54) is 12.1 Å². The van der Waals surface area contributed by atoms with Crippen LogP contribution in [0.2, 0.25) is 0 Å². The predicted molar refractivity (Wildman–Crippen MR) is 138 cm³/mol. The summed E-state index contributed by atoms with van der Waals surface area (Å²) in [5.41, 5.74) is -3.86. The molecule has 1 heterocycles. The number of carbonyl (C=O) groups excluding carboxylic acids is 2. The van der Waals surface area contributed by atoms with Gasteiger partial charge < -0.3 is 15.0 Å². The van der Waals surface area contributed by atoms with E-state index in [1.807, 2.05) is 5.32 Å². The van der Waals surface area contributed by atoms with Crippen LogP contribution >= 0.6 is 0 Å². The minimum absolute atomic E-state index is 0.0126. The van der Waals surface area contributed by atoms with Gasteiger partial charge in [0.05, 0.1) is 12.9 Å². The summed E-state index contributed by atoms with van der Waals surface area (Å²) in [6, 6.07) is 10.2. The highest BCUT2D eigenvalue weighted by atomic mass is 32.2. The number of anilines is 1. The van der Waals surface area contributed by atoms with E-state index in [0.717, 1.165) is 24.3 Å². The molecule has 2 N–H and O–H groups in total. The van der Waals surface area contributed by atoms with Crippen LogP contribution < -0.4 is 19.7 Å². The molecule has 1 unspecified atom stereocenters. The minimum atomic E-state index is -5.11. The lowest BCUT2D eigenvalue weighted by atomic mass is 9.76. The number of hydrogen-bond acceptors (Lipinski definition) is 6. The van der Waals surface area contributed by atoms with Crippen molar-refractivity contribution in [1.29, 1.82) is 0 Å². The number of rotatable bonds is 9. The number of hydrogen-bond donors (Lipinski definition) is 2. The topological polar surface area (TPSA) is 105 Å². The van der Waals surface area contributed by atoms with E-state index in [1.54, 1.807) is 35.9 Å². The molecule has 0 aliphatic carbocycles. The van der Waals surface area contributed by atoms with Gasteiger partial charge in [-0.05, 0) is 47.4 Å². The van der Waals surface area contributed by atoms with Gasteiger partial charge in [0.2, 0.25) is 10.0 Å². The second kappa shape index (κ2) is 11.6. The van der Waals surface area contributed by atoms with Gasteiger partial charge in [-0.15, -0.1) is 0 Å². The summed E-state index contributed by atoms with van der Waals surface area (Å²) in [6.07, 6.45) is -11.2. The van der Waals surface area contributed by atoms with Crippen molar-refractivity contribution in [1.82, 2.24) is 10.0 Å². The molecule has 15 heteroatoms. The minimum Gasteiger partial charge on any atom is -0.494 e. The van der Waals surface area contributed by atoms with Gasteiger partial charge in [0.1, 0.15) is 11.3 Å². The molecule has 0 aromatic heterocycles. The summed E-state index contributed by atoms with van der Waals surface area (Å²) in [5.74, 6) is -2.83. The first-order chi connectivity index (χ1) is 18.8. The maximum atomic E-state index is 14.8. The van der Waals surface area contributed by atoms with Crippen LogP contribution in [0, 0.1) is 0 Å². The largest absolute Gasteiger partial charge is 0.494 e. The molecule has 0 fully saturated rings. The predicted octanol–water partition coefficient (Wildman–Crippen LogP) is 4.28. The smallest absolute Gasteiger partial charge is 0.416 e. The van der Waals surface area contributed by atoms with Crippen molar-refractivity contribution < 1.29 is 49.1 Å². The number of ether oxygens (including phenoxy) is 1. The monoisotopic (exact) mass is 607 g/mol. The molecule has 2 aromatic rings. The van der Waals surface area contributed by atoms with Crippen LogP contribution in [0.3, 0.4) is 0 Å². The molecule has 0 bridgehead atoms. The zero-order valence-electron chi connectivity index (χ0n) is 22.1. The van der Waals surface area contributed by atoms with Crippen LogP contribution in [-0.2, 0) is 25.2 Å². The fraction of sp³-hybridized carbons (Fsp3) is 0.385. The summed E-state index contributed by atoms with van der Waals surface area (Å²) in [7, 11) is -0.715. The molecule has 0 radical (unpaired) electrons. The highest BCUT2D eigenvalue weighted by Crippen LogP contribution is 2.48. The summed E-state index contributed by atoms with van der Waals surface area (Å²) < 4.78 is 112. The summed E-state index contributed by atoms with van der Waals surface area (Å²) >= 11 is 0. The van der Waals surface area contributed by atoms with Gasteiger partial charge in [0.25, 0.3) is 11.8 Å². The van der Waals surface area contributed by atoms with E-state index in [0.29, 0.717) is 11.9 Å². The van der Waals surface area contributed by atoms with Crippen molar-refractivity contribution in [3.8, 4) is 5.75 Å². The lowest BCUT2D eigenvalue weighted by Crippen LogP contribution is -2.59. The van der Waals surface area contributed by atoms with Crippen molar-refractivity contribution >= 4 is 33.1 Å². The second-order valence-corrected chi connectivity index (χ2v) is 11.4. The first-order valence-corrected chi connectivity index (χ1v) is 13.9. The Morgan fingerprint density at radius 1 is 1.02 bits per heavy atom. The number of sulfonamides is 1. The number of amides is 2. The Bertz CT molecular complexity index is 1420. The van der Waals surface area contributed by atoms with Gasteiger partial charge >= 0.3 is 12.4 Å². The molecule has 1 aliphatic heterocycles. The van der Waals surface area contributed by atoms with E-state index in [-0.39, 0.29) is 29.9 Å². The molecule has 2 aromatic carbocycles. The SMILES string of the molecule is CN(C)c1ccc(C2=C(C(=O)NS(C)(=O)=O)C(=O)NC(c3ccc(OCCCC(F)(F)F)cc3)(C(F)(F)F)C2)cc1. The van der Waals surface area contributed by atoms with Crippen LogP contribution in [0.5, 0.6) is 5.75 Å². The third-order valence-corrected chi connectivity index (χ3v) is 6.80. The molecule has 1 atom stereocenters. The Morgan fingerprint density at radius 2 is 1.61 bits per heavy atom. The normalized spacial score (nSPS) is 18.1. The van der Waals surface area contributed by atoms with Crippen LogP contribution in [-0.4, -0.2) is 59.5 Å². The standard InChI is InChI=1S/C26H27F6N3O5S/c1-35(2)18-9-5-16(6-10-18)20-15-24(26(30,31)32,33-22(36)21(20)23(37)34-41(3,38)39)17-7-11-19(12-8-17)40-14-4-13-25(27,28)29/h5-12H,4,13-15H2,1-3H3,(H,33,36)(H,34,37). The van der Waals surface area contributed by atoms with Crippen LogP contribution in [0.25, 0.3) is 5.57 Å². The van der Waals surface area contributed by atoms with E-state index in [4.69, 9.17) is 4.74 Å². The number of halogens is 6. The van der Waals surface area contributed by atoms with E-state index < -0.39 is 63.7 Å². The summed E-state index contributed by atoms with van der Waals surface area (Å²) in [4.78, 5) is 27.7. The summed E-state index contributed by atoms with van der Waals surface area (Å²) in [5, 5.41) is 1.87. The highest BCUT2D eigenvalue weighted by Gasteiger charge is 2.60. The maximum absolute atomic E-state index is 14.8. The van der Waals surface area contributed by atoms with Gasteiger partial charge in [-0.1, -0.05) is 24.3 Å². The fourth-order valence-corrected chi connectivity index (χ4v) is 4.70.